The van der Waals surface area contributed by atoms with Crippen molar-refractivity contribution in [2.75, 3.05) is 24.6 Å². The number of unbranched alkanes of at least 4 members (excludes halogenated alkanes) is 11. The molecule has 0 aromatic carbocycles. The van der Waals surface area contributed by atoms with E-state index in [1.54, 1.807) is 31.1 Å². The molecule has 0 bridgehead atoms. The summed E-state index contributed by atoms with van der Waals surface area (Å²) >= 11 is 0. The molecule has 0 N–H and O–H groups in total. The van der Waals surface area contributed by atoms with E-state index in [9.17, 15) is 0 Å². The smallest absolute Gasteiger partial charge is 0.0594 e. The molecular formula is C23H50ClP. The van der Waals surface area contributed by atoms with E-state index in [4.69, 9.17) is 0 Å². The second-order valence-corrected chi connectivity index (χ2v) is 12.6. The summed E-state index contributed by atoms with van der Waals surface area (Å²) in [6.07, 6.45) is 28.5. The largest absolute Gasteiger partial charge is 1.00 e. The van der Waals surface area contributed by atoms with E-state index in [-0.39, 0.29) is 12.4 Å². The SMILES string of the molecule is CCCCCCCCCCC[P+](CCCC)(CCCC)CCCC.[Cl-]. The van der Waals surface area contributed by atoms with Gasteiger partial charge in [-0.25, -0.2) is 0 Å². The molecule has 0 fully saturated rings. The molecule has 0 spiro atoms. The lowest BCUT2D eigenvalue weighted by Crippen LogP contribution is -3.00. The van der Waals surface area contributed by atoms with Gasteiger partial charge in [-0.1, -0.05) is 91.9 Å². The average Bonchev–Trinajstić information content (AvgIpc) is 2.61. The van der Waals surface area contributed by atoms with Gasteiger partial charge < -0.3 is 12.4 Å². The van der Waals surface area contributed by atoms with Crippen LogP contribution in [0.1, 0.15) is 124 Å². The molecule has 0 amide bonds. The van der Waals surface area contributed by atoms with Crippen LogP contribution < -0.4 is 12.4 Å². The van der Waals surface area contributed by atoms with E-state index in [1.807, 2.05) is 0 Å². The van der Waals surface area contributed by atoms with Crippen molar-refractivity contribution in [3.63, 3.8) is 0 Å². The molecule has 0 unspecified atom stereocenters. The van der Waals surface area contributed by atoms with Crippen molar-refractivity contribution in [2.24, 2.45) is 0 Å². The van der Waals surface area contributed by atoms with Crippen LogP contribution in [0.2, 0.25) is 0 Å². The van der Waals surface area contributed by atoms with Gasteiger partial charge in [0, 0.05) is 7.26 Å². The van der Waals surface area contributed by atoms with Crippen LogP contribution >= 0.6 is 7.26 Å². The Morgan fingerprint density at radius 2 is 0.640 bits per heavy atom. The summed E-state index contributed by atoms with van der Waals surface area (Å²) in [6.45, 7) is 9.46. The first kappa shape index (κ1) is 27.9. The van der Waals surface area contributed by atoms with Crippen molar-refractivity contribution in [1.82, 2.24) is 0 Å². The molecule has 0 nitrogen and oxygen atoms in total. The van der Waals surface area contributed by atoms with Gasteiger partial charge in [-0.2, -0.15) is 0 Å². The highest BCUT2D eigenvalue weighted by molar-refractivity contribution is 7.75. The summed E-state index contributed by atoms with van der Waals surface area (Å²) in [5, 5.41) is 0. The molecule has 0 saturated heterocycles. The zero-order chi connectivity index (χ0) is 17.9. The maximum atomic E-state index is 2.38. The normalized spacial score (nSPS) is 11.5. The van der Waals surface area contributed by atoms with Gasteiger partial charge in [-0.05, 0) is 32.1 Å². The maximum absolute atomic E-state index is 2.38. The van der Waals surface area contributed by atoms with Gasteiger partial charge in [-0.3, -0.25) is 0 Å². The van der Waals surface area contributed by atoms with Crippen molar-refractivity contribution in [3.05, 3.63) is 0 Å². The van der Waals surface area contributed by atoms with Gasteiger partial charge in [0.25, 0.3) is 0 Å². The van der Waals surface area contributed by atoms with E-state index in [0.717, 1.165) is 0 Å². The van der Waals surface area contributed by atoms with E-state index >= 15 is 0 Å². The quantitative estimate of drug-likeness (QED) is 0.188. The van der Waals surface area contributed by atoms with Crippen LogP contribution in [0.4, 0.5) is 0 Å². The molecule has 0 saturated carbocycles. The Bertz CT molecular complexity index is 220. The maximum Gasteiger partial charge on any atom is 0.0594 e. The molecule has 2 heteroatoms. The molecular weight excluding hydrogens is 343 g/mol. The van der Waals surface area contributed by atoms with Gasteiger partial charge in [0.05, 0.1) is 24.6 Å². The van der Waals surface area contributed by atoms with Crippen LogP contribution in [0.5, 0.6) is 0 Å². The fraction of sp³-hybridized carbons (Fsp3) is 1.00. The third-order valence-electron chi connectivity index (χ3n) is 5.69. The highest BCUT2D eigenvalue weighted by Gasteiger charge is 2.34. The third kappa shape index (κ3) is 16.6. The fourth-order valence-corrected chi connectivity index (χ4v) is 9.11. The van der Waals surface area contributed by atoms with Crippen molar-refractivity contribution < 1.29 is 12.4 Å². The highest BCUT2D eigenvalue weighted by atomic mass is 35.5. The lowest BCUT2D eigenvalue weighted by atomic mass is 10.1. The molecule has 0 aromatic heterocycles. The van der Waals surface area contributed by atoms with E-state index < -0.39 is 7.26 Å². The van der Waals surface area contributed by atoms with Crippen LogP contribution in [-0.2, 0) is 0 Å². The Morgan fingerprint density at radius 1 is 0.360 bits per heavy atom. The first-order chi connectivity index (χ1) is 11.7. The Hall–Kier alpha value is 0.720. The Kier molecular flexibility index (Phi) is 23.5. The molecule has 0 aliphatic heterocycles. The first-order valence-corrected chi connectivity index (χ1v) is 14.1. The second kappa shape index (κ2) is 21.0. The molecule has 0 aliphatic carbocycles. The summed E-state index contributed by atoms with van der Waals surface area (Å²) < 4.78 is 0. The Labute approximate surface area is 168 Å². The topological polar surface area (TPSA) is 0 Å². The van der Waals surface area contributed by atoms with Crippen LogP contribution in [0.3, 0.4) is 0 Å². The van der Waals surface area contributed by atoms with Crippen molar-refractivity contribution in [2.45, 2.75) is 124 Å². The number of rotatable bonds is 19. The lowest BCUT2D eigenvalue weighted by molar-refractivity contribution is -0.00000557. The van der Waals surface area contributed by atoms with Crippen molar-refractivity contribution in [3.8, 4) is 0 Å². The van der Waals surface area contributed by atoms with Gasteiger partial charge >= 0.3 is 0 Å². The van der Waals surface area contributed by atoms with E-state index in [2.05, 4.69) is 27.7 Å². The molecule has 25 heavy (non-hydrogen) atoms. The molecule has 0 aliphatic rings. The highest BCUT2D eigenvalue weighted by Crippen LogP contribution is 2.61. The van der Waals surface area contributed by atoms with Gasteiger partial charge in [0.15, 0.2) is 0 Å². The Morgan fingerprint density at radius 3 is 1.00 bits per heavy atom. The zero-order valence-corrected chi connectivity index (χ0v) is 19.9. The van der Waals surface area contributed by atoms with Gasteiger partial charge in [0.2, 0.25) is 0 Å². The summed E-state index contributed by atoms with van der Waals surface area (Å²) in [5.74, 6) is 0. The minimum Gasteiger partial charge on any atom is -1.00 e. The lowest BCUT2D eigenvalue weighted by Gasteiger charge is -2.28. The third-order valence-corrected chi connectivity index (χ3v) is 10.8. The zero-order valence-electron chi connectivity index (χ0n) is 18.3. The van der Waals surface area contributed by atoms with Gasteiger partial charge in [0.1, 0.15) is 0 Å². The minimum absolute atomic E-state index is 0. The van der Waals surface area contributed by atoms with E-state index in [0.29, 0.717) is 0 Å². The van der Waals surface area contributed by atoms with E-state index in [1.165, 1.54) is 89.9 Å². The predicted octanol–water partition coefficient (Wildman–Crippen LogP) is 5.94. The summed E-state index contributed by atoms with van der Waals surface area (Å²) in [7, 11) is -0.616. The van der Waals surface area contributed by atoms with Crippen LogP contribution in [0.25, 0.3) is 0 Å². The summed E-state index contributed by atoms with van der Waals surface area (Å²) in [6, 6.07) is 0. The predicted molar refractivity (Wildman–Crippen MR) is 118 cm³/mol. The van der Waals surface area contributed by atoms with Crippen LogP contribution in [0.15, 0.2) is 0 Å². The van der Waals surface area contributed by atoms with Crippen molar-refractivity contribution >= 4 is 7.26 Å². The summed E-state index contributed by atoms with van der Waals surface area (Å²) in [4.78, 5) is 0. The number of halogens is 1. The number of hydrogen-bond acceptors (Lipinski definition) is 0. The molecule has 0 aromatic rings. The fourth-order valence-electron chi connectivity index (χ4n) is 3.91. The van der Waals surface area contributed by atoms with Crippen LogP contribution in [-0.4, -0.2) is 24.6 Å². The van der Waals surface area contributed by atoms with Crippen LogP contribution in [0, 0.1) is 0 Å². The molecule has 154 valence electrons. The summed E-state index contributed by atoms with van der Waals surface area (Å²) in [5.41, 5.74) is 0. The van der Waals surface area contributed by atoms with Gasteiger partial charge in [-0.15, -0.1) is 0 Å². The standard InChI is InChI=1S/C23H50P.ClH/c1-5-9-13-14-15-16-17-18-19-23-24(20-10-6-2,21-11-7-3)22-12-8-4;/h5-23H2,1-4H3;1H/q+1;/p-1. The monoisotopic (exact) mass is 392 g/mol. The molecule has 0 radical (unpaired) electrons. The number of hydrogen-bond donors (Lipinski definition) is 0. The second-order valence-electron chi connectivity index (χ2n) is 8.13. The molecule has 0 heterocycles. The average molecular weight is 393 g/mol. The minimum atomic E-state index is -0.616. The van der Waals surface area contributed by atoms with Crippen molar-refractivity contribution in [1.29, 1.82) is 0 Å². The molecule has 0 rings (SSSR count). The molecule has 0 atom stereocenters. The first-order valence-electron chi connectivity index (χ1n) is 11.6. The Balaban J connectivity index is 0.